The first-order valence-corrected chi connectivity index (χ1v) is 7.20. The van der Waals surface area contributed by atoms with Crippen molar-refractivity contribution < 1.29 is 0 Å². The number of nitrogens with one attached hydrogen (secondary N) is 1. The van der Waals surface area contributed by atoms with Gasteiger partial charge in [0.15, 0.2) is 0 Å². The number of nitrogens with zero attached hydrogens (tertiary/aromatic N) is 1. The van der Waals surface area contributed by atoms with Gasteiger partial charge in [-0.1, -0.05) is 15.9 Å². The highest BCUT2D eigenvalue weighted by Gasteiger charge is 2.39. The molecule has 2 saturated heterocycles. The second kappa shape index (κ2) is 4.29. The van der Waals surface area contributed by atoms with Gasteiger partial charge in [-0.05, 0) is 48.9 Å². The molecule has 1 aromatic carbocycles. The third-order valence-electron chi connectivity index (χ3n) is 4.33. The van der Waals surface area contributed by atoms with Gasteiger partial charge in [0.2, 0.25) is 0 Å². The summed E-state index contributed by atoms with van der Waals surface area (Å²) in [5.74, 6) is 0. The van der Waals surface area contributed by atoms with Gasteiger partial charge >= 0.3 is 0 Å². The van der Waals surface area contributed by atoms with Crippen molar-refractivity contribution in [2.24, 2.45) is 5.41 Å². The van der Waals surface area contributed by atoms with Gasteiger partial charge in [-0.25, -0.2) is 0 Å². The predicted octanol–water partition coefficient (Wildman–Crippen LogP) is 2.95. The molecular formula is C14H19BrN2. The highest BCUT2D eigenvalue weighted by Crippen LogP contribution is 2.36. The zero-order valence-electron chi connectivity index (χ0n) is 10.3. The van der Waals surface area contributed by atoms with E-state index < -0.39 is 0 Å². The summed E-state index contributed by atoms with van der Waals surface area (Å²) in [5.41, 5.74) is 3.35. The van der Waals surface area contributed by atoms with Crippen molar-refractivity contribution in [1.82, 2.24) is 5.32 Å². The topological polar surface area (TPSA) is 15.3 Å². The summed E-state index contributed by atoms with van der Waals surface area (Å²) in [6, 6.07) is 6.69. The molecule has 3 rings (SSSR count). The Hall–Kier alpha value is -0.540. The Morgan fingerprint density at radius 1 is 1.24 bits per heavy atom. The molecule has 1 aromatic rings. The lowest BCUT2D eigenvalue weighted by atomic mass is 9.73. The molecule has 0 amide bonds. The minimum absolute atomic E-state index is 0.640. The quantitative estimate of drug-likeness (QED) is 0.857. The van der Waals surface area contributed by atoms with Crippen molar-refractivity contribution >= 4 is 21.6 Å². The van der Waals surface area contributed by atoms with Gasteiger partial charge in [-0.3, -0.25) is 0 Å². The minimum Gasteiger partial charge on any atom is -0.371 e. The molecule has 0 atom stereocenters. The molecule has 0 bridgehead atoms. The Morgan fingerprint density at radius 3 is 2.47 bits per heavy atom. The molecule has 92 valence electrons. The highest BCUT2D eigenvalue weighted by atomic mass is 79.9. The van der Waals surface area contributed by atoms with Crippen LogP contribution in [-0.2, 0) is 0 Å². The van der Waals surface area contributed by atoms with Crippen LogP contribution in [0, 0.1) is 12.3 Å². The van der Waals surface area contributed by atoms with Gasteiger partial charge < -0.3 is 10.2 Å². The summed E-state index contributed by atoms with van der Waals surface area (Å²) in [6.45, 7) is 7.06. The summed E-state index contributed by atoms with van der Waals surface area (Å²) < 4.78 is 1.21. The van der Waals surface area contributed by atoms with E-state index in [4.69, 9.17) is 0 Å². The predicted molar refractivity (Wildman–Crippen MR) is 75.6 cm³/mol. The van der Waals surface area contributed by atoms with Crippen LogP contribution in [0.25, 0.3) is 0 Å². The zero-order valence-corrected chi connectivity index (χ0v) is 11.9. The van der Waals surface area contributed by atoms with Crippen LogP contribution in [0.15, 0.2) is 22.7 Å². The molecule has 2 nitrogen and oxygen atoms in total. The molecule has 2 aliphatic heterocycles. The largest absolute Gasteiger partial charge is 0.371 e. The number of benzene rings is 1. The first-order valence-electron chi connectivity index (χ1n) is 6.40. The summed E-state index contributed by atoms with van der Waals surface area (Å²) in [7, 11) is 0. The Bertz CT molecular complexity index is 416. The normalized spacial score (nSPS) is 22.6. The van der Waals surface area contributed by atoms with Crippen LogP contribution in [0.3, 0.4) is 0 Å². The SMILES string of the molecule is Cc1cc(N2CCC3(CC2)CNC3)ccc1Br. The lowest BCUT2D eigenvalue weighted by molar-refractivity contribution is 0.126. The standard InChI is InChI=1S/C14H19BrN2/c1-11-8-12(2-3-13(11)15)17-6-4-14(5-7-17)9-16-10-14/h2-3,8,16H,4-7,9-10H2,1H3. The monoisotopic (exact) mass is 294 g/mol. The van der Waals surface area contributed by atoms with E-state index in [9.17, 15) is 0 Å². The molecule has 1 N–H and O–H groups in total. The molecule has 0 aromatic heterocycles. The smallest absolute Gasteiger partial charge is 0.0369 e. The van der Waals surface area contributed by atoms with Crippen molar-refractivity contribution in [3.05, 3.63) is 28.2 Å². The maximum Gasteiger partial charge on any atom is 0.0369 e. The first-order chi connectivity index (χ1) is 8.19. The number of hydrogen-bond acceptors (Lipinski definition) is 2. The molecule has 0 saturated carbocycles. The summed E-state index contributed by atoms with van der Waals surface area (Å²) in [6.07, 6.45) is 2.68. The van der Waals surface area contributed by atoms with Crippen LogP contribution in [0.1, 0.15) is 18.4 Å². The molecule has 1 spiro atoms. The summed E-state index contributed by atoms with van der Waals surface area (Å²) in [4.78, 5) is 2.53. The molecule has 0 aliphatic carbocycles. The summed E-state index contributed by atoms with van der Waals surface area (Å²) >= 11 is 3.56. The Kier molecular flexibility index (Phi) is 2.91. The molecular weight excluding hydrogens is 276 g/mol. The van der Waals surface area contributed by atoms with Gasteiger partial charge in [0.25, 0.3) is 0 Å². The van der Waals surface area contributed by atoms with Crippen molar-refractivity contribution in [2.45, 2.75) is 19.8 Å². The van der Waals surface area contributed by atoms with E-state index in [1.54, 1.807) is 0 Å². The fourth-order valence-corrected chi connectivity index (χ4v) is 3.14. The maximum atomic E-state index is 3.56. The van der Waals surface area contributed by atoms with Gasteiger partial charge in [0.1, 0.15) is 0 Å². The highest BCUT2D eigenvalue weighted by molar-refractivity contribution is 9.10. The fourth-order valence-electron chi connectivity index (χ4n) is 2.90. The van der Waals surface area contributed by atoms with E-state index in [1.165, 1.54) is 54.7 Å². The van der Waals surface area contributed by atoms with Gasteiger partial charge in [0.05, 0.1) is 0 Å². The number of hydrogen-bond donors (Lipinski definition) is 1. The molecule has 2 aliphatic rings. The number of aryl methyl sites for hydroxylation is 1. The summed E-state index contributed by atoms with van der Waals surface area (Å²) in [5, 5.41) is 3.42. The van der Waals surface area contributed by atoms with Crippen LogP contribution in [0.5, 0.6) is 0 Å². The van der Waals surface area contributed by atoms with E-state index in [0.717, 1.165) is 0 Å². The molecule has 0 unspecified atom stereocenters. The van der Waals surface area contributed by atoms with Crippen molar-refractivity contribution in [3.63, 3.8) is 0 Å². The van der Waals surface area contributed by atoms with Crippen LogP contribution in [0.4, 0.5) is 5.69 Å². The second-order valence-corrected chi connectivity index (χ2v) is 6.38. The molecule has 0 radical (unpaired) electrons. The van der Waals surface area contributed by atoms with Crippen LogP contribution >= 0.6 is 15.9 Å². The first kappa shape index (κ1) is 11.5. The number of rotatable bonds is 1. The van der Waals surface area contributed by atoms with Crippen molar-refractivity contribution in [3.8, 4) is 0 Å². The van der Waals surface area contributed by atoms with Gasteiger partial charge in [-0.2, -0.15) is 0 Å². The third-order valence-corrected chi connectivity index (χ3v) is 5.22. The van der Waals surface area contributed by atoms with Gasteiger partial charge in [-0.15, -0.1) is 0 Å². The zero-order chi connectivity index (χ0) is 11.9. The van der Waals surface area contributed by atoms with E-state index in [-0.39, 0.29) is 0 Å². The third kappa shape index (κ3) is 2.11. The number of anilines is 1. The van der Waals surface area contributed by atoms with E-state index in [0.29, 0.717) is 5.41 Å². The average Bonchev–Trinajstić information content (AvgIpc) is 2.31. The molecule has 3 heteroatoms. The van der Waals surface area contributed by atoms with Crippen molar-refractivity contribution in [1.29, 1.82) is 0 Å². The van der Waals surface area contributed by atoms with Crippen molar-refractivity contribution in [2.75, 3.05) is 31.1 Å². The molecule has 17 heavy (non-hydrogen) atoms. The fraction of sp³-hybridized carbons (Fsp3) is 0.571. The van der Waals surface area contributed by atoms with Crippen LogP contribution in [0.2, 0.25) is 0 Å². The Labute approximate surface area is 112 Å². The van der Waals surface area contributed by atoms with E-state index in [1.807, 2.05) is 0 Å². The molecule has 2 fully saturated rings. The lowest BCUT2D eigenvalue weighted by Crippen LogP contribution is -2.58. The van der Waals surface area contributed by atoms with Gasteiger partial charge in [0, 0.05) is 36.3 Å². The lowest BCUT2D eigenvalue weighted by Gasteiger charge is -2.49. The van der Waals surface area contributed by atoms with E-state index >= 15 is 0 Å². The van der Waals surface area contributed by atoms with E-state index in [2.05, 4.69) is 51.3 Å². The van der Waals surface area contributed by atoms with Crippen LogP contribution < -0.4 is 10.2 Å². The second-order valence-electron chi connectivity index (χ2n) is 5.52. The number of piperidine rings is 1. The Balaban J connectivity index is 1.71. The molecule has 2 heterocycles. The van der Waals surface area contributed by atoms with Crippen LogP contribution in [-0.4, -0.2) is 26.2 Å². The Morgan fingerprint density at radius 2 is 1.94 bits per heavy atom. The average molecular weight is 295 g/mol. The minimum atomic E-state index is 0.640. The number of halogens is 1. The maximum absolute atomic E-state index is 3.56.